The fourth-order valence-corrected chi connectivity index (χ4v) is 11.0. The summed E-state index contributed by atoms with van der Waals surface area (Å²) in [5.41, 5.74) is 1.30. The Bertz CT molecular complexity index is 653. The molecule has 0 bridgehead atoms. The van der Waals surface area contributed by atoms with Crippen LogP contribution in [0.15, 0.2) is 21.9 Å². The van der Waals surface area contributed by atoms with Crippen LogP contribution in [0, 0.1) is 11.3 Å². The van der Waals surface area contributed by atoms with Crippen molar-refractivity contribution in [2.45, 2.75) is 84.9 Å². The summed E-state index contributed by atoms with van der Waals surface area (Å²) >= 11 is 3.33. The van der Waals surface area contributed by atoms with Crippen molar-refractivity contribution < 1.29 is 14.0 Å². The minimum absolute atomic E-state index is 0.0555. The van der Waals surface area contributed by atoms with Gasteiger partial charge in [0.2, 0.25) is 0 Å². The van der Waals surface area contributed by atoms with Crippen LogP contribution in [-0.2, 0) is 14.0 Å². The zero-order valence-corrected chi connectivity index (χ0v) is 20.0. The average Bonchev–Trinajstić information content (AvgIpc) is 2.55. The predicted octanol–water partition coefficient (Wildman–Crippen LogP) is 6.30. The number of ketones is 2. The number of allylic oxidation sites excluding steroid dienone is 4. The Balaban J connectivity index is 2.40. The second kappa shape index (κ2) is 7.38. The molecule has 2 aliphatic rings. The minimum atomic E-state index is -2.06. The third-order valence-corrected chi connectivity index (χ3v) is 13.6. The SMILES string of the molecule is CC1=C(Br)C(=O)[C@H]2CC=C(O[Si](C(C)C)(C(C)C)C(C)C)C[C@@]2(C)C1=O. The zero-order chi connectivity index (χ0) is 20.0. The van der Waals surface area contributed by atoms with Gasteiger partial charge in [0.1, 0.15) is 0 Å². The first kappa shape index (κ1) is 21.6. The van der Waals surface area contributed by atoms with Gasteiger partial charge in [-0.15, -0.1) is 0 Å². The van der Waals surface area contributed by atoms with E-state index in [0.717, 1.165) is 5.76 Å². The molecule has 0 aromatic rings. The van der Waals surface area contributed by atoms with Crippen LogP contribution in [0.3, 0.4) is 0 Å². The number of Topliss-reactive ketones (excluding diaryl/α,β-unsaturated/α-hetero) is 2. The van der Waals surface area contributed by atoms with Gasteiger partial charge in [0.15, 0.2) is 11.6 Å². The van der Waals surface area contributed by atoms with Gasteiger partial charge in [-0.3, -0.25) is 9.59 Å². The Kier molecular flexibility index (Phi) is 6.14. The Morgan fingerprint density at radius 3 is 2.08 bits per heavy atom. The maximum Gasteiger partial charge on any atom is 0.258 e. The molecular formula is C21H33BrO3Si. The van der Waals surface area contributed by atoms with Crippen molar-refractivity contribution in [3.8, 4) is 0 Å². The van der Waals surface area contributed by atoms with E-state index in [1.165, 1.54) is 0 Å². The van der Waals surface area contributed by atoms with Gasteiger partial charge in [0.25, 0.3) is 8.32 Å². The monoisotopic (exact) mass is 440 g/mol. The van der Waals surface area contributed by atoms with Crippen LogP contribution >= 0.6 is 15.9 Å². The van der Waals surface area contributed by atoms with E-state index in [-0.39, 0.29) is 17.5 Å². The second-order valence-corrected chi connectivity index (χ2v) is 15.3. The van der Waals surface area contributed by atoms with E-state index >= 15 is 0 Å². The molecule has 0 saturated carbocycles. The van der Waals surface area contributed by atoms with E-state index in [4.69, 9.17) is 4.43 Å². The van der Waals surface area contributed by atoms with Gasteiger partial charge in [0, 0.05) is 23.3 Å². The smallest absolute Gasteiger partial charge is 0.258 e. The number of fused-ring (bicyclic) bond motifs is 1. The molecule has 0 saturated heterocycles. The summed E-state index contributed by atoms with van der Waals surface area (Å²) in [7, 11) is -2.06. The van der Waals surface area contributed by atoms with Gasteiger partial charge < -0.3 is 4.43 Å². The number of carbonyl (C=O) groups is 2. The van der Waals surface area contributed by atoms with Crippen LogP contribution in [0.25, 0.3) is 0 Å². The number of hydrogen-bond donors (Lipinski definition) is 0. The number of hydrogen-bond acceptors (Lipinski definition) is 3. The number of halogens is 1. The molecule has 0 amide bonds. The van der Waals surface area contributed by atoms with Gasteiger partial charge in [-0.05, 0) is 52.0 Å². The van der Waals surface area contributed by atoms with Crippen LogP contribution in [0.1, 0.15) is 68.2 Å². The molecule has 0 aromatic carbocycles. The highest BCUT2D eigenvalue weighted by Crippen LogP contribution is 2.51. The summed E-state index contributed by atoms with van der Waals surface area (Å²) in [5.74, 6) is 0.779. The first-order valence-corrected chi connectivity index (χ1v) is 12.7. The summed E-state index contributed by atoms with van der Waals surface area (Å²) in [6.07, 6.45) is 3.19. The van der Waals surface area contributed by atoms with Crippen molar-refractivity contribution in [1.29, 1.82) is 0 Å². The predicted molar refractivity (Wildman–Crippen MR) is 113 cm³/mol. The van der Waals surface area contributed by atoms with Gasteiger partial charge in [-0.1, -0.05) is 48.5 Å². The molecular weight excluding hydrogens is 408 g/mol. The van der Waals surface area contributed by atoms with Gasteiger partial charge in [-0.2, -0.15) is 0 Å². The molecule has 0 spiro atoms. The van der Waals surface area contributed by atoms with Gasteiger partial charge in [-0.25, -0.2) is 0 Å². The maximum absolute atomic E-state index is 13.0. The summed E-state index contributed by atoms with van der Waals surface area (Å²) < 4.78 is 7.29. The summed E-state index contributed by atoms with van der Waals surface area (Å²) in [5, 5.41) is 0. The molecule has 0 radical (unpaired) electrons. The van der Waals surface area contributed by atoms with Crippen molar-refractivity contribution in [1.82, 2.24) is 0 Å². The fraction of sp³-hybridized carbons (Fsp3) is 0.714. The number of rotatable bonds is 5. The summed E-state index contributed by atoms with van der Waals surface area (Å²) in [4.78, 5) is 25.8. The standard InChI is InChI=1S/C21H33BrO3Si/c1-12(2)26(13(3)4,14(5)6)25-16-9-10-17-19(23)18(22)15(7)20(24)21(17,8)11-16/h9,12-14,17H,10-11H2,1-8H3/t17-,21-/m1/s1. The van der Waals surface area contributed by atoms with Crippen molar-refractivity contribution in [3.05, 3.63) is 21.9 Å². The third-order valence-electron chi connectivity index (χ3n) is 6.63. The molecule has 0 fully saturated rings. The van der Waals surface area contributed by atoms with Crippen molar-refractivity contribution in [2.75, 3.05) is 0 Å². The first-order chi connectivity index (χ1) is 11.9. The lowest BCUT2D eigenvalue weighted by molar-refractivity contribution is -0.137. The fourth-order valence-electron chi connectivity index (χ4n) is 5.23. The molecule has 2 rings (SSSR count). The Morgan fingerprint density at radius 1 is 1.12 bits per heavy atom. The molecule has 5 heteroatoms. The van der Waals surface area contributed by atoms with Crippen molar-refractivity contribution >= 4 is 35.8 Å². The van der Waals surface area contributed by atoms with Gasteiger partial charge in [0.05, 0.1) is 10.2 Å². The highest BCUT2D eigenvalue weighted by atomic mass is 79.9. The van der Waals surface area contributed by atoms with Crippen LogP contribution in [0.5, 0.6) is 0 Å². The Morgan fingerprint density at radius 2 is 1.62 bits per heavy atom. The molecule has 146 valence electrons. The lowest BCUT2D eigenvalue weighted by Gasteiger charge is -2.47. The van der Waals surface area contributed by atoms with Crippen LogP contribution < -0.4 is 0 Å². The van der Waals surface area contributed by atoms with Crippen LogP contribution in [0.2, 0.25) is 16.6 Å². The molecule has 0 heterocycles. The molecule has 3 nitrogen and oxygen atoms in total. The van der Waals surface area contributed by atoms with Crippen molar-refractivity contribution in [2.24, 2.45) is 11.3 Å². The first-order valence-electron chi connectivity index (χ1n) is 9.73. The largest absolute Gasteiger partial charge is 0.546 e. The molecule has 0 unspecified atom stereocenters. The van der Waals surface area contributed by atoms with Crippen LogP contribution in [-0.4, -0.2) is 19.9 Å². The second-order valence-electron chi connectivity index (χ2n) is 9.11. The average molecular weight is 441 g/mol. The van der Waals surface area contributed by atoms with Gasteiger partial charge >= 0.3 is 0 Å². The third kappa shape index (κ3) is 3.19. The lowest BCUT2D eigenvalue weighted by Crippen LogP contribution is -2.50. The Labute approximate surface area is 167 Å². The quantitative estimate of drug-likeness (QED) is 0.470. The molecule has 0 aromatic heterocycles. The molecule has 2 aliphatic carbocycles. The zero-order valence-electron chi connectivity index (χ0n) is 17.4. The maximum atomic E-state index is 13.0. The number of carbonyl (C=O) groups excluding carboxylic acids is 2. The highest BCUT2D eigenvalue weighted by molar-refractivity contribution is 9.12. The topological polar surface area (TPSA) is 43.4 Å². The molecule has 2 atom stereocenters. The molecule has 0 N–H and O–H groups in total. The van der Waals surface area contributed by atoms with E-state index in [9.17, 15) is 9.59 Å². The summed E-state index contributed by atoms with van der Waals surface area (Å²) in [6, 6.07) is 0. The molecule has 26 heavy (non-hydrogen) atoms. The highest BCUT2D eigenvalue weighted by Gasteiger charge is 2.54. The van der Waals surface area contributed by atoms with E-state index in [1.54, 1.807) is 6.92 Å². The minimum Gasteiger partial charge on any atom is -0.546 e. The normalized spacial score (nSPS) is 27.4. The molecule has 0 aliphatic heterocycles. The van der Waals surface area contributed by atoms with E-state index < -0.39 is 13.7 Å². The lowest BCUT2D eigenvalue weighted by atomic mass is 9.61. The van der Waals surface area contributed by atoms with E-state index in [1.807, 2.05) is 6.92 Å². The Hall–Kier alpha value is -0.683. The van der Waals surface area contributed by atoms with Crippen LogP contribution in [0.4, 0.5) is 0 Å². The van der Waals surface area contributed by atoms with E-state index in [0.29, 0.717) is 39.5 Å². The summed E-state index contributed by atoms with van der Waals surface area (Å²) in [6.45, 7) is 17.3. The van der Waals surface area contributed by atoms with E-state index in [2.05, 4.69) is 63.5 Å². The van der Waals surface area contributed by atoms with Crippen molar-refractivity contribution in [3.63, 3.8) is 0 Å².